The summed E-state index contributed by atoms with van der Waals surface area (Å²) in [6.07, 6.45) is -0.444. The van der Waals surface area contributed by atoms with Gasteiger partial charge in [-0.25, -0.2) is 9.78 Å². The Morgan fingerprint density at radius 1 is 1.30 bits per heavy atom. The molecule has 0 radical (unpaired) electrons. The first-order valence-electron chi connectivity index (χ1n) is 7.28. The first-order chi connectivity index (χ1) is 11.1. The summed E-state index contributed by atoms with van der Waals surface area (Å²) in [6, 6.07) is 8.85. The van der Waals surface area contributed by atoms with E-state index in [2.05, 4.69) is 15.6 Å². The maximum atomic E-state index is 12.2. The van der Waals surface area contributed by atoms with Crippen LogP contribution in [-0.4, -0.2) is 23.6 Å². The van der Waals surface area contributed by atoms with Crippen molar-refractivity contribution in [3.63, 3.8) is 0 Å². The molecule has 7 heteroatoms. The highest BCUT2D eigenvalue weighted by Gasteiger charge is 2.19. The highest BCUT2D eigenvalue weighted by molar-refractivity contribution is 7.13. The summed E-state index contributed by atoms with van der Waals surface area (Å²) in [4.78, 5) is 28.1. The summed E-state index contributed by atoms with van der Waals surface area (Å²) in [5.74, 6) is -0.218. The van der Waals surface area contributed by atoms with Crippen LogP contribution < -0.4 is 10.6 Å². The molecule has 0 spiro atoms. The number of thiazole rings is 1. The van der Waals surface area contributed by atoms with Gasteiger partial charge in [-0.15, -0.1) is 11.3 Å². The molecule has 0 unspecified atom stereocenters. The molecule has 0 aliphatic rings. The molecule has 0 aliphatic carbocycles. The predicted octanol–water partition coefficient (Wildman–Crippen LogP) is 3.27. The van der Waals surface area contributed by atoms with Crippen molar-refractivity contribution in [2.45, 2.75) is 26.3 Å². The summed E-state index contributed by atoms with van der Waals surface area (Å²) in [6.45, 7) is 3.87. The van der Waals surface area contributed by atoms with Crippen molar-refractivity contribution in [3.8, 4) is 0 Å². The van der Waals surface area contributed by atoms with E-state index < -0.39 is 12.1 Å². The van der Waals surface area contributed by atoms with Gasteiger partial charge in [0.05, 0.1) is 24.8 Å². The predicted molar refractivity (Wildman–Crippen MR) is 89.4 cm³/mol. The molecule has 1 aromatic carbocycles. The second kappa shape index (κ2) is 8.28. The van der Waals surface area contributed by atoms with E-state index in [9.17, 15) is 9.59 Å². The van der Waals surface area contributed by atoms with E-state index in [1.807, 2.05) is 42.6 Å². The number of carbonyl (C=O) groups excluding carboxylic acids is 2. The van der Waals surface area contributed by atoms with Gasteiger partial charge < -0.3 is 15.4 Å². The Hall–Kier alpha value is -2.41. The van der Waals surface area contributed by atoms with E-state index in [0.717, 1.165) is 11.3 Å². The molecule has 0 fully saturated rings. The average Bonchev–Trinajstić information content (AvgIpc) is 2.92. The smallest absolute Gasteiger partial charge is 0.407 e. The third-order valence-corrected chi connectivity index (χ3v) is 3.90. The minimum absolute atomic E-state index is 0.0987. The number of aromatic nitrogens is 1. The zero-order valence-electron chi connectivity index (χ0n) is 13.0. The molecule has 0 saturated carbocycles. The Balaban J connectivity index is 2.04. The van der Waals surface area contributed by atoms with Crippen molar-refractivity contribution in [2.75, 3.05) is 11.9 Å². The van der Waals surface area contributed by atoms with Crippen molar-refractivity contribution in [2.24, 2.45) is 0 Å². The first kappa shape index (κ1) is 17.0. The quantitative estimate of drug-likeness (QED) is 0.850. The van der Waals surface area contributed by atoms with Crippen LogP contribution in [0.25, 0.3) is 0 Å². The lowest BCUT2D eigenvalue weighted by molar-refractivity contribution is -0.116. The number of alkyl carbamates (subject to hydrolysis) is 1. The summed E-state index contributed by atoms with van der Waals surface area (Å²) >= 11 is 1.37. The Bertz CT molecular complexity index is 658. The van der Waals surface area contributed by atoms with Crippen molar-refractivity contribution in [1.29, 1.82) is 0 Å². The lowest BCUT2D eigenvalue weighted by atomic mass is 10.0. The van der Waals surface area contributed by atoms with Gasteiger partial charge in [-0.2, -0.15) is 0 Å². The van der Waals surface area contributed by atoms with Crippen LogP contribution in [0, 0.1) is 6.92 Å². The Morgan fingerprint density at radius 3 is 2.65 bits per heavy atom. The number of aryl methyl sites for hydroxylation is 1. The molecule has 2 rings (SSSR count). The van der Waals surface area contributed by atoms with Gasteiger partial charge in [-0.1, -0.05) is 30.3 Å². The highest BCUT2D eigenvalue weighted by atomic mass is 32.1. The van der Waals surface area contributed by atoms with Gasteiger partial charge in [-0.3, -0.25) is 4.79 Å². The SMILES string of the molecule is CCOC(=O)N[C@H](CC(=O)Nc1nc(C)cs1)c1ccccc1. The zero-order chi connectivity index (χ0) is 16.7. The highest BCUT2D eigenvalue weighted by Crippen LogP contribution is 2.19. The minimum Gasteiger partial charge on any atom is -0.450 e. The molecule has 6 nitrogen and oxygen atoms in total. The number of anilines is 1. The van der Waals surface area contributed by atoms with Gasteiger partial charge in [-0.05, 0) is 19.4 Å². The average molecular weight is 333 g/mol. The summed E-state index contributed by atoms with van der Waals surface area (Å²) in [5, 5.41) is 7.88. The maximum absolute atomic E-state index is 12.2. The molecular weight excluding hydrogens is 314 g/mol. The van der Waals surface area contributed by atoms with Crippen molar-refractivity contribution in [1.82, 2.24) is 10.3 Å². The molecule has 0 saturated heterocycles. The maximum Gasteiger partial charge on any atom is 0.407 e. The molecular formula is C16H19N3O3S. The molecule has 2 amide bonds. The fourth-order valence-electron chi connectivity index (χ4n) is 2.02. The lowest BCUT2D eigenvalue weighted by Gasteiger charge is -2.18. The number of hydrogen-bond acceptors (Lipinski definition) is 5. The normalized spacial score (nSPS) is 11.6. The number of nitrogens with one attached hydrogen (secondary N) is 2. The fourth-order valence-corrected chi connectivity index (χ4v) is 2.72. The molecule has 1 aromatic heterocycles. The number of carbonyl (C=O) groups is 2. The zero-order valence-corrected chi connectivity index (χ0v) is 13.9. The number of benzene rings is 1. The van der Waals surface area contributed by atoms with Crippen LogP contribution in [0.15, 0.2) is 35.7 Å². The van der Waals surface area contributed by atoms with Crippen LogP contribution in [0.2, 0.25) is 0 Å². The second-order valence-electron chi connectivity index (χ2n) is 4.87. The third-order valence-electron chi connectivity index (χ3n) is 3.02. The van der Waals surface area contributed by atoms with Gasteiger partial charge in [0.25, 0.3) is 0 Å². The van der Waals surface area contributed by atoms with Crippen molar-refractivity contribution in [3.05, 3.63) is 47.0 Å². The van der Waals surface area contributed by atoms with Crippen LogP contribution in [0.1, 0.15) is 30.6 Å². The number of ether oxygens (including phenoxy) is 1. The van der Waals surface area contributed by atoms with E-state index >= 15 is 0 Å². The van der Waals surface area contributed by atoms with Gasteiger partial charge in [0, 0.05) is 5.38 Å². The standard InChI is InChI=1S/C16H19N3O3S/c1-3-22-16(21)18-13(12-7-5-4-6-8-12)9-14(20)19-15-17-11(2)10-23-15/h4-8,10,13H,3,9H2,1-2H3,(H,18,21)(H,17,19,20)/t13-/m1/s1. The van der Waals surface area contributed by atoms with Gasteiger partial charge >= 0.3 is 6.09 Å². The van der Waals surface area contributed by atoms with Crippen molar-refractivity contribution < 1.29 is 14.3 Å². The van der Waals surface area contributed by atoms with E-state index in [0.29, 0.717) is 5.13 Å². The summed E-state index contributed by atoms with van der Waals surface area (Å²) < 4.78 is 4.90. The molecule has 23 heavy (non-hydrogen) atoms. The monoisotopic (exact) mass is 333 g/mol. The van der Waals surface area contributed by atoms with E-state index in [-0.39, 0.29) is 18.9 Å². The molecule has 1 atom stereocenters. The minimum atomic E-state index is -0.542. The molecule has 122 valence electrons. The number of amides is 2. The first-order valence-corrected chi connectivity index (χ1v) is 8.16. The van der Waals surface area contributed by atoms with E-state index in [4.69, 9.17) is 4.74 Å². The van der Waals surface area contributed by atoms with Crippen LogP contribution in [0.5, 0.6) is 0 Å². The van der Waals surface area contributed by atoms with Crippen LogP contribution in [0.4, 0.5) is 9.93 Å². The Morgan fingerprint density at radius 2 is 2.04 bits per heavy atom. The molecule has 0 aliphatic heterocycles. The number of nitrogens with zero attached hydrogens (tertiary/aromatic N) is 1. The van der Waals surface area contributed by atoms with E-state index in [1.54, 1.807) is 6.92 Å². The molecule has 2 aromatic rings. The second-order valence-corrected chi connectivity index (χ2v) is 5.73. The largest absolute Gasteiger partial charge is 0.450 e. The molecule has 0 bridgehead atoms. The summed E-state index contributed by atoms with van der Waals surface area (Å²) in [5.41, 5.74) is 1.69. The van der Waals surface area contributed by atoms with Crippen molar-refractivity contribution >= 4 is 28.5 Å². The van der Waals surface area contributed by atoms with Gasteiger partial charge in [0.1, 0.15) is 0 Å². The van der Waals surface area contributed by atoms with E-state index in [1.165, 1.54) is 11.3 Å². The number of hydrogen-bond donors (Lipinski definition) is 2. The lowest BCUT2D eigenvalue weighted by Crippen LogP contribution is -2.32. The fraction of sp³-hybridized carbons (Fsp3) is 0.312. The topological polar surface area (TPSA) is 80.3 Å². The third kappa shape index (κ3) is 5.37. The van der Waals surface area contributed by atoms with Crippen LogP contribution in [-0.2, 0) is 9.53 Å². The Kier molecular flexibility index (Phi) is 6.10. The van der Waals surface area contributed by atoms with Crippen LogP contribution in [0.3, 0.4) is 0 Å². The summed E-state index contributed by atoms with van der Waals surface area (Å²) in [7, 11) is 0. The molecule has 1 heterocycles. The van der Waals surface area contributed by atoms with Gasteiger partial charge in [0.2, 0.25) is 5.91 Å². The number of rotatable bonds is 6. The van der Waals surface area contributed by atoms with Crippen LogP contribution >= 0.6 is 11.3 Å². The Labute approximate surface area is 138 Å². The van der Waals surface area contributed by atoms with Gasteiger partial charge in [0.15, 0.2) is 5.13 Å². The molecule has 2 N–H and O–H groups in total.